The van der Waals surface area contributed by atoms with E-state index in [1.165, 1.54) is 24.6 Å². The number of amides is 2. The van der Waals surface area contributed by atoms with Gasteiger partial charge in [0.25, 0.3) is 11.8 Å². The number of carbonyl (C=O) groups excluding carboxylic acids is 2. The monoisotopic (exact) mass is 393 g/mol. The number of pyridine rings is 1. The van der Waals surface area contributed by atoms with E-state index in [0.29, 0.717) is 17.7 Å². The lowest BCUT2D eigenvalue weighted by Gasteiger charge is -2.10. The molecule has 0 saturated heterocycles. The van der Waals surface area contributed by atoms with Crippen molar-refractivity contribution in [2.75, 3.05) is 13.2 Å². The number of ether oxygens (including phenoxy) is 1. The van der Waals surface area contributed by atoms with Gasteiger partial charge in [-0.25, -0.2) is 4.39 Å². The third kappa shape index (κ3) is 8.82. The van der Waals surface area contributed by atoms with Crippen LogP contribution in [0.5, 0.6) is 0 Å². The van der Waals surface area contributed by atoms with E-state index in [-0.39, 0.29) is 30.0 Å². The average molecular weight is 394 g/mol. The number of aromatic nitrogens is 1. The number of aryl methyl sites for hydroxylation is 1. The highest BCUT2D eigenvalue weighted by Crippen LogP contribution is 2.13. The number of hydrogen-bond donors (Lipinski definition) is 2. The summed E-state index contributed by atoms with van der Waals surface area (Å²) in [4.78, 5) is 27.6. The smallest absolute Gasteiger partial charge is 0.257 e. The first-order chi connectivity index (χ1) is 12.8. The molecule has 144 valence electrons. The molecule has 27 heavy (non-hydrogen) atoms. The Hall–Kier alpha value is -2.93. The van der Waals surface area contributed by atoms with Gasteiger partial charge in [0.1, 0.15) is 5.83 Å². The molecule has 0 unspecified atom stereocenters. The first-order valence-corrected chi connectivity index (χ1v) is 8.34. The molecule has 1 aromatic rings. The summed E-state index contributed by atoms with van der Waals surface area (Å²) in [5.41, 5.74) is 1.74. The van der Waals surface area contributed by atoms with Crippen LogP contribution in [0.25, 0.3) is 0 Å². The van der Waals surface area contributed by atoms with Gasteiger partial charge in [0.15, 0.2) is 6.61 Å². The molecule has 0 saturated carbocycles. The maximum atomic E-state index is 12.6. The van der Waals surface area contributed by atoms with E-state index in [0.717, 1.165) is 5.56 Å². The molecule has 0 atom stereocenters. The zero-order chi connectivity index (χ0) is 20.2. The summed E-state index contributed by atoms with van der Waals surface area (Å²) < 4.78 is 17.5. The Kier molecular flexibility index (Phi) is 9.53. The maximum absolute atomic E-state index is 12.6. The van der Waals surface area contributed by atoms with E-state index in [2.05, 4.69) is 28.8 Å². The molecule has 0 aliphatic heterocycles. The van der Waals surface area contributed by atoms with Crippen molar-refractivity contribution in [3.8, 4) is 0 Å². The Morgan fingerprint density at radius 2 is 2.15 bits per heavy atom. The lowest BCUT2D eigenvalue weighted by Crippen LogP contribution is -2.30. The quantitative estimate of drug-likeness (QED) is 0.472. The molecule has 1 rings (SSSR count). The molecule has 0 aromatic carbocycles. The SMILES string of the molecule is C=C(CCNC(=O)CO/C=C/C=C(/Cl)C(=C)F)NC(=O)c1cnccc1C. The van der Waals surface area contributed by atoms with Crippen molar-refractivity contribution in [1.29, 1.82) is 0 Å². The topological polar surface area (TPSA) is 80.3 Å². The van der Waals surface area contributed by atoms with Gasteiger partial charge in [0, 0.05) is 31.1 Å². The Balaban J connectivity index is 2.25. The van der Waals surface area contributed by atoms with Crippen molar-refractivity contribution in [3.05, 3.63) is 77.7 Å². The van der Waals surface area contributed by atoms with E-state index < -0.39 is 5.83 Å². The van der Waals surface area contributed by atoms with Crippen LogP contribution in [0.1, 0.15) is 22.3 Å². The van der Waals surface area contributed by atoms with Crippen molar-refractivity contribution in [3.63, 3.8) is 0 Å². The minimum atomic E-state index is -0.759. The Bertz CT molecular complexity index is 775. The van der Waals surface area contributed by atoms with Crippen molar-refractivity contribution >= 4 is 23.4 Å². The summed E-state index contributed by atoms with van der Waals surface area (Å²) in [6.45, 7) is 8.67. The Morgan fingerprint density at radius 1 is 1.41 bits per heavy atom. The summed E-state index contributed by atoms with van der Waals surface area (Å²) in [6.07, 6.45) is 7.26. The van der Waals surface area contributed by atoms with Crippen LogP contribution < -0.4 is 10.6 Å². The van der Waals surface area contributed by atoms with Gasteiger partial charge < -0.3 is 15.4 Å². The first-order valence-electron chi connectivity index (χ1n) is 7.96. The minimum absolute atomic E-state index is 0.152. The molecule has 8 heteroatoms. The van der Waals surface area contributed by atoms with Crippen molar-refractivity contribution in [1.82, 2.24) is 15.6 Å². The fraction of sp³-hybridized carbons (Fsp3) is 0.211. The zero-order valence-electron chi connectivity index (χ0n) is 14.9. The highest BCUT2D eigenvalue weighted by molar-refractivity contribution is 6.31. The second-order valence-corrected chi connectivity index (χ2v) is 5.81. The number of carbonyl (C=O) groups is 2. The van der Waals surface area contributed by atoms with Crippen LogP contribution in [0.2, 0.25) is 0 Å². The average Bonchev–Trinajstić information content (AvgIpc) is 2.61. The van der Waals surface area contributed by atoms with E-state index in [9.17, 15) is 14.0 Å². The van der Waals surface area contributed by atoms with Gasteiger partial charge in [-0.1, -0.05) is 24.8 Å². The zero-order valence-corrected chi connectivity index (χ0v) is 15.7. The second kappa shape index (κ2) is 11.6. The summed E-state index contributed by atoms with van der Waals surface area (Å²) >= 11 is 5.50. The molecule has 0 fully saturated rings. The summed E-state index contributed by atoms with van der Waals surface area (Å²) in [6, 6.07) is 1.74. The predicted octanol–water partition coefficient (Wildman–Crippen LogP) is 3.28. The van der Waals surface area contributed by atoms with Crippen LogP contribution in [-0.4, -0.2) is 29.9 Å². The third-order valence-electron chi connectivity index (χ3n) is 3.21. The first kappa shape index (κ1) is 22.1. The number of halogens is 2. The van der Waals surface area contributed by atoms with E-state index in [1.54, 1.807) is 12.3 Å². The van der Waals surface area contributed by atoms with Crippen LogP contribution in [-0.2, 0) is 9.53 Å². The molecular weight excluding hydrogens is 373 g/mol. The molecule has 2 amide bonds. The lowest BCUT2D eigenvalue weighted by molar-refractivity contribution is -0.123. The third-order valence-corrected chi connectivity index (χ3v) is 3.54. The van der Waals surface area contributed by atoms with Crippen LogP contribution in [0.3, 0.4) is 0 Å². The van der Waals surface area contributed by atoms with E-state index in [1.807, 2.05) is 6.92 Å². The summed E-state index contributed by atoms with van der Waals surface area (Å²) in [5.74, 6) is -1.41. The van der Waals surface area contributed by atoms with Gasteiger partial charge in [0.05, 0.1) is 16.9 Å². The Morgan fingerprint density at radius 3 is 2.81 bits per heavy atom. The maximum Gasteiger partial charge on any atom is 0.257 e. The van der Waals surface area contributed by atoms with E-state index in [4.69, 9.17) is 16.3 Å². The van der Waals surface area contributed by atoms with Crippen molar-refractivity contribution in [2.45, 2.75) is 13.3 Å². The number of rotatable bonds is 10. The lowest BCUT2D eigenvalue weighted by atomic mass is 10.1. The van der Waals surface area contributed by atoms with Gasteiger partial charge >= 0.3 is 0 Å². The fourth-order valence-electron chi connectivity index (χ4n) is 1.79. The minimum Gasteiger partial charge on any atom is -0.491 e. The number of nitrogens with zero attached hydrogens (tertiary/aromatic N) is 1. The molecule has 0 aliphatic carbocycles. The molecule has 0 bridgehead atoms. The van der Waals surface area contributed by atoms with Crippen LogP contribution >= 0.6 is 11.6 Å². The molecule has 2 N–H and O–H groups in total. The summed E-state index contributed by atoms with van der Waals surface area (Å²) in [5, 5.41) is 5.13. The van der Waals surface area contributed by atoms with Gasteiger partial charge in [-0.3, -0.25) is 14.6 Å². The van der Waals surface area contributed by atoms with Gasteiger partial charge in [-0.05, 0) is 30.7 Å². The van der Waals surface area contributed by atoms with Crippen LogP contribution in [0.15, 0.2) is 66.6 Å². The van der Waals surface area contributed by atoms with E-state index >= 15 is 0 Å². The highest BCUT2D eigenvalue weighted by atomic mass is 35.5. The molecule has 0 spiro atoms. The van der Waals surface area contributed by atoms with Gasteiger partial charge in [0.2, 0.25) is 0 Å². The normalized spacial score (nSPS) is 11.1. The standard InChI is InChI=1S/C19H21ClFN3O3/c1-13-6-8-22-11-16(13)19(26)24-14(2)7-9-23-18(25)12-27-10-4-5-17(20)15(3)21/h4-6,8,10-11H,2-3,7,9,12H2,1H3,(H,23,25)(H,24,26)/b10-4+,17-5+. The van der Waals surface area contributed by atoms with Crippen LogP contribution in [0.4, 0.5) is 4.39 Å². The number of allylic oxidation sites excluding steroid dienone is 4. The molecule has 0 radical (unpaired) electrons. The van der Waals surface area contributed by atoms with Crippen LogP contribution in [0, 0.1) is 6.92 Å². The van der Waals surface area contributed by atoms with Crippen molar-refractivity contribution in [2.24, 2.45) is 0 Å². The van der Waals surface area contributed by atoms with Gasteiger partial charge in [-0.15, -0.1) is 0 Å². The van der Waals surface area contributed by atoms with Gasteiger partial charge in [-0.2, -0.15) is 0 Å². The number of hydrogen-bond acceptors (Lipinski definition) is 4. The molecule has 1 aromatic heterocycles. The summed E-state index contributed by atoms with van der Waals surface area (Å²) in [7, 11) is 0. The highest BCUT2D eigenvalue weighted by Gasteiger charge is 2.10. The largest absolute Gasteiger partial charge is 0.491 e. The predicted molar refractivity (Wildman–Crippen MR) is 102 cm³/mol. The molecule has 1 heterocycles. The number of nitrogens with one attached hydrogen (secondary N) is 2. The molecule has 6 nitrogen and oxygen atoms in total. The Labute approximate surface area is 162 Å². The van der Waals surface area contributed by atoms with Crippen molar-refractivity contribution < 1.29 is 18.7 Å². The molecule has 0 aliphatic rings. The molecular formula is C19H21ClFN3O3. The fourth-order valence-corrected chi connectivity index (χ4v) is 1.86. The second-order valence-electron chi connectivity index (χ2n) is 5.41.